The number of hydrogen-bond donors (Lipinski definition) is 6. The van der Waals surface area contributed by atoms with E-state index in [9.17, 15) is 39.5 Å². The molecule has 1 aromatic heterocycles. The topological polar surface area (TPSA) is 197 Å². The Balaban J connectivity index is 1.58. The van der Waals surface area contributed by atoms with Gasteiger partial charge in [0, 0.05) is 24.4 Å². The van der Waals surface area contributed by atoms with Gasteiger partial charge in [-0.1, -0.05) is 0 Å². The summed E-state index contributed by atoms with van der Waals surface area (Å²) >= 11 is 0. The zero-order chi connectivity index (χ0) is 27.7. The number of hydrogen-bond acceptors (Lipinski definition) is 12. The molecule has 2 aliphatic rings. The molecule has 14 heteroatoms. The summed E-state index contributed by atoms with van der Waals surface area (Å²) in [7, 11) is 0. The van der Waals surface area contributed by atoms with Crippen LogP contribution in [-0.2, 0) is 19.0 Å². The first-order valence-electron chi connectivity index (χ1n) is 11.9. The largest absolute Gasteiger partial charge is 0.462 e. The van der Waals surface area contributed by atoms with Gasteiger partial charge in [0.05, 0.1) is 13.2 Å². The van der Waals surface area contributed by atoms with E-state index in [1.165, 1.54) is 19.1 Å². The van der Waals surface area contributed by atoms with Crippen molar-refractivity contribution in [2.75, 3.05) is 13.2 Å². The van der Waals surface area contributed by atoms with Gasteiger partial charge < -0.3 is 54.2 Å². The third-order valence-corrected chi connectivity index (χ3v) is 6.49. The highest BCUT2D eigenvalue weighted by atomic mass is 19.1. The molecule has 0 radical (unpaired) electrons. The van der Waals surface area contributed by atoms with E-state index in [0.29, 0.717) is 10.9 Å². The second-order valence-corrected chi connectivity index (χ2v) is 9.22. The SMILES string of the molecule is CC(=O)NC1C(O)[C@H](O[C@@H]2OC(CO)[C@H](F)C(O)C2O)C(CO)O[C@H]1Oc1ccc2c(C)cc(=O)oc2c1. The second-order valence-electron chi connectivity index (χ2n) is 9.22. The lowest BCUT2D eigenvalue weighted by Crippen LogP contribution is -2.68. The number of aryl methyl sites for hydroxylation is 1. The van der Waals surface area contributed by atoms with E-state index in [2.05, 4.69) is 5.32 Å². The number of alkyl halides is 1. The second kappa shape index (κ2) is 11.6. The van der Waals surface area contributed by atoms with Gasteiger partial charge in [-0.2, -0.15) is 0 Å². The Morgan fingerprint density at radius 1 is 1.03 bits per heavy atom. The number of aliphatic hydroxyl groups is 5. The summed E-state index contributed by atoms with van der Waals surface area (Å²) in [5.74, 6) is -0.415. The Morgan fingerprint density at radius 2 is 1.71 bits per heavy atom. The average molecular weight is 543 g/mol. The monoisotopic (exact) mass is 543 g/mol. The summed E-state index contributed by atoms with van der Waals surface area (Å²) in [5.41, 5.74) is 0.350. The lowest BCUT2D eigenvalue weighted by Gasteiger charge is -2.46. The van der Waals surface area contributed by atoms with Crippen LogP contribution in [0, 0.1) is 6.92 Å². The third kappa shape index (κ3) is 5.67. The molecule has 0 saturated carbocycles. The fourth-order valence-electron chi connectivity index (χ4n) is 4.54. The molecule has 38 heavy (non-hydrogen) atoms. The van der Waals surface area contributed by atoms with Gasteiger partial charge in [-0.05, 0) is 24.6 Å². The Labute approximate surface area is 215 Å². The summed E-state index contributed by atoms with van der Waals surface area (Å²) in [6.07, 6.45) is -15.0. The molecule has 210 valence electrons. The molecule has 4 rings (SSSR count). The van der Waals surface area contributed by atoms with E-state index in [1.54, 1.807) is 19.1 Å². The number of aliphatic hydroxyl groups excluding tert-OH is 5. The van der Waals surface area contributed by atoms with Gasteiger partial charge in [-0.25, -0.2) is 9.18 Å². The molecule has 0 spiro atoms. The Bertz CT molecular complexity index is 1190. The minimum Gasteiger partial charge on any atom is -0.462 e. The molecule has 2 aromatic rings. The molecule has 2 fully saturated rings. The number of amides is 1. The molecule has 2 aliphatic heterocycles. The number of halogens is 1. The Kier molecular flexibility index (Phi) is 8.64. The van der Waals surface area contributed by atoms with E-state index in [4.69, 9.17) is 23.4 Å². The fraction of sp³-hybridized carbons (Fsp3) is 0.583. The van der Waals surface area contributed by atoms with Gasteiger partial charge in [0.15, 0.2) is 12.5 Å². The van der Waals surface area contributed by atoms with Crippen molar-refractivity contribution in [2.45, 2.75) is 75.3 Å². The predicted molar refractivity (Wildman–Crippen MR) is 125 cm³/mol. The summed E-state index contributed by atoms with van der Waals surface area (Å²) in [4.78, 5) is 23.7. The van der Waals surface area contributed by atoms with Gasteiger partial charge in [-0.3, -0.25) is 4.79 Å². The highest BCUT2D eigenvalue weighted by molar-refractivity contribution is 5.81. The summed E-state index contributed by atoms with van der Waals surface area (Å²) < 4.78 is 41.8. The van der Waals surface area contributed by atoms with E-state index < -0.39 is 86.2 Å². The van der Waals surface area contributed by atoms with Gasteiger partial charge in [0.1, 0.15) is 54.0 Å². The van der Waals surface area contributed by atoms with Crippen LogP contribution in [0.15, 0.2) is 33.5 Å². The van der Waals surface area contributed by atoms with Crippen LogP contribution in [0.25, 0.3) is 11.0 Å². The minimum absolute atomic E-state index is 0.156. The van der Waals surface area contributed by atoms with E-state index in [1.807, 2.05) is 0 Å². The minimum atomic E-state index is -2.10. The van der Waals surface area contributed by atoms with Crippen LogP contribution in [0.1, 0.15) is 12.5 Å². The standard InChI is InChI=1S/C24H30FNO12/c1-9-5-16(30)35-13-6-11(3-4-12(9)13)34-23-18(26-10(2)29)20(32)22(15(8-28)37-23)38-24-21(33)19(31)17(25)14(7-27)36-24/h3-6,14-15,17-24,27-28,31-33H,7-8H2,1-2H3,(H,26,29)/t14?,15?,17-,18?,19?,20?,21?,22+,23+,24-/m0/s1. The smallest absolute Gasteiger partial charge is 0.336 e. The van der Waals surface area contributed by atoms with Crippen molar-refractivity contribution in [3.05, 3.63) is 40.2 Å². The number of ether oxygens (including phenoxy) is 4. The number of benzene rings is 1. The Morgan fingerprint density at radius 3 is 2.37 bits per heavy atom. The van der Waals surface area contributed by atoms with Gasteiger partial charge >= 0.3 is 5.63 Å². The van der Waals surface area contributed by atoms with Crippen LogP contribution >= 0.6 is 0 Å². The van der Waals surface area contributed by atoms with Gasteiger partial charge in [-0.15, -0.1) is 0 Å². The maximum atomic E-state index is 14.1. The lowest BCUT2D eigenvalue weighted by molar-refractivity contribution is -0.338. The molecule has 6 N–H and O–H groups in total. The molecular formula is C24H30FNO12. The fourth-order valence-corrected chi connectivity index (χ4v) is 4.54. The molecule has 0 bridgehead atoms. The molecule has 1 amide bonds. The van der Waals surface area contributed by atoms with E-state index >= 15 is 0 Å². The highest BCUT2D eigenvalue weighted by Crippen LogP contribution is 2.32. The molecule has 0 aliphatic carbocycles. The Hall–Kier alpha value is -2.69. The highest BCUT2D eigenvalue weighted by Gasteiger charge is 2.52. The lowest BCUT2D eigenvalue weighted by atomic mass is 9.95. The van der Waals surface area contributed by atoms with Crippen LogP contribution in [-0.4, -0.2) is 106 Å². The van der Waals surface area contributed by atoms with Gasteiger partial charge in [0.2, 0.25) is 12.2 Å². The zero-order valence-corrected chi connectivity index (χ0v) is 20.5. The summed E-state index contributed by atoms with van der Waals surface area (Å²) in [6.45, 7) is 1.37. The molecule has 10 atom stereocenters. The number of rotatable bonds is 7. The van der Waals surface area contributed by atoms with Crippen molar-refractivity contribution in [2.24, 2.45) is 0 Å². The maximum absolute atomic E-state index is 14.1. The van der Waals surface area contributed by atoms with Crippen molar-refractivity contribution < 1.29 is 58.1 Å². The summed E-state index contributed by atoms with van der Waals surface area (Å²) in [5, 5.41) is 53.8. The molecule has 6 unspecified atom stereocenters. The number of carbonyl (C=O) groups is 1. The van der Waals surface area contributed by atoms with E-state index in [0.717, 1.165) is 0 Å². The molecule has 13 nitrogen and oxygen atoms in total. The summed E-state index contributed by atoms with van der Waals surface area (Å²) in [6, 6.07) is 4.69. The zero-order valence-electron chi connectivity index (χ0n) is 20.5. The van der Waals surface area contributed by atoms with Crippen molar-refractivity contribution in [3.8, 4) is 5.75 Å². The number of fused-ring (bicyclic) bond motifs is 1. The first-order chi connectivity index (χ1) is 18.0. The van der Waals surface area contributed by atoms with Crippen LogP contribution in [0.3, 0.4) is 0 Å². The number of carbonyl (C=O) groups excluding carboxylic acids is 1. The quantitative estimate of drug-likeness (QED) is 0.215. The molecule has 1 aromatic carbocycles. The maximum Gasteiger partial charge on any atom is 0.336 e. The third-order valence-electron chi connectivity index (χ3n) is 6.49. The van der Waals surface area contributed by atoms with Crippen LogP contribution < -0.4 is 15.7 Å². The van der Waals surface area contributed by atoms with E-state index in [-0.39, 0.29) is 11.3 Å². The van der Waals surface area contributed by atoms with Crippen LogP contribution in [0.4, 0.5) is 4.39 Å². The van der Waals surface area contributed by atoms with Gasteiger partial charge in [0.25, 0.3) is 0 Å². The van der Waals surface area contributed by atoms with Crippen molar-refractivity contribution >= 4 is 16.9 Å². The molecule has 2 saturated heterocycles. The molecule has 3 heterocycles. The van der Waals surface area contributed by atoms with Crippen molar-refractivity contribution in [1.29, 1.82) is 0 Å². The first-order valence-corrected chi connectivity index (χ1v) is 11.9. The predicted octanol–water partition coefficient (Wildman–Crippen LogP) is -1.77. The van der Waals surface area contributed by atoms with Crippen molar-refractivity contribution in [1.82, 2.24) is 5.32 Å². The van der Waals surface area contributed by atoms with Crippen LogP contribution in [0.2, 0.25) is 0 Å². The number of nitrogens with one attached hydrogen (secondary N) is 1. The van der Waals surface area contributed by atoms with Crippen LogP contribution in [0.5, 0.6) is 5.75 Å². The first kappa shape index (κ1) is 28.3. The normalized spacial score (nSPS) is 35.7. The average Bonchev–Trinajstić information content (AvgIpc) is 2.87. The molecular weight excluding hydrogens is 513 g/mol. The van der Waals surface area contributed by atoms with Crippen molar-refractivity contribution in [3.63, 3.8) is 0 Å².